The molecule has 1 aromatic heterocycles. The molecule has 2 unspecified atom stereocenters. The molecule has 1 spiro atoms. The van der Waals surface area contributed by atoms with E-state index in [1.54, 1.807) is 11.3 Å². The summed E-state index contributed by atoms with van der Waals surface area (Å²) in [5.74, 6) is -2.36. The number of ether oxygens (including phenoxy) is 2. The van der Waals surface area contributed by atoms with Crippen LogP contribution >= 0.6 is 11.3 Å². The zero-order valence-electron chi connectivity index (χ0n) is 13.3. The maximum Gasteiger partial charge on any atom is 0.347 e. The van der Waals surface area contributed by atoms with Gasteiger partial charge in [0, 0.05) is 37.7 Å². The number of benzene rings is 1. The molecule has 0 aliphatic carbocycles. The van der Waals surface area contributed by atoms with Gasteiger partial charge in [0.05, 0.1) is 16.3 Å². The van der Waals surface area contributed by atoms with Crippen LogP contribution in [0.1, 0.15) is 0 Å². The lowest BCUT2D eigenvalue weighted by Crippen LogP contribution is -2.55. The van der Waals surface area contributed by atoms with E-state index < -0.39 is 17.8 Å². The third-order valence-electron chi connectivity index (χ3n) is 5.20. The topological polar surface area (TPSA) is 67.9 Å². The Balaban J connectivity index is 1.68. The summed E-state index contributed by atoms with van der Waals surface area (Å²) in [6, 6.07) is 8.08. The second kappa shape index (κ2) is 5.31. The largest absolute Gasteiger partial charge is 0.400 e. The maximum absolute atomic E-state index is 12.2. The molecule has 5 rings (SSSR count). The van der Waals surface area contributed by atoms with E-state index in [0.29, 0.717) is 13.1 Å². The van der Waals surface area contributed by atoms with Crippen LogP contribution in [0.5, 0.6) is 0 Å². The lowest BCUT2D eigenvalue weighted by atomic mass is 9.97. The number of carbonyl (C=O) groups is 2. The molecule has 2 saturated heterocycles. The Morgan fingerprint density at radius 2 is 1.92 bits per heavy atom. The van der Waals surface area contributed by atoms with Crippen LogP contribution in [0, 0.1) is 11.8 Å². The third-order valence-corrected chi connectivity index (χ3v) is 6.15. The summed E-state index contributed by atoms with van der Waals surface area (Å²) >= 11 is 1.63. The summed E-state index contributed by atoms with van der Waals surface area (Å²) < 4.78 is 12.6. The number of rotatable bonds is 1. The van der Waals surface area contributed by atoms with Gasteiger partial charge < -0.3 is 14.8 Å². The van der Waals surface area contributed by atoms with E-state index in [4.69, 9.17) is 9.47 Å². The third kappa shape index (κ3) is 2.12. The van der Waals surface area contributed by atoms with Crippen molar-refractivity contribution < 1.29 is 19.1 Å². The van der Waals surface area contributed by atoms with Crippen molar-refractivity contribution in [1.82, 2.24) is 5.32 Å². The molecule has 2 atom stereocenters. The fraction of sp³-hybridized carbons (Fsp3) is 0.333. The summed E-state index contributed by atoms with van der Waals surface area (Å²) in [5, 5.41) is 6.48. The van der Waals surface area contributed by atoms with Crippen molar-refractivity contribution >= 4 is 39.0 Å². The lowest BCUT2D eigenvalue weighted by Gasteiger charge is -2.39. The average molecular weight is 356 g/mol. The van der Waals surface area contributed by atoms with Gasteiger partial charge in [-0.2, -0.15) is 0 Å². The zero-order chi connectivity index (χ0) is 17.0. The van der Waals surface area contributed by atoms with Crippen LogP contribution in [0.2, 0.25) is 0 Å². The Morgan fingerprint density at radius 1 is 1.12 bits per heavy atom. The van der Waals surface area contributed by atoms with Crippen LogP contribution in [0.3, 0.4) is 0 Å². The van der Waals surface area contributed by atoms with Crippen LogP contribution in [0.4, 0.5) is 5.69 Å². The number of carbonyl (C=O) groups excluding carboxylic acids is 2. The lowest BCUT2D eigenvalue weighted by molar-refractivity contribution is -0.230. The molecule has 4 heterocycles. The first-order valence-corrected chi connectivity index (χ1v) is 9.14. The van der Waals surface area contributed by atoms with Crippen molar-refractivity contribution in [2.24, 2.45) is 11.8 Å². The summed E-state index contributed by atoms with van der Waals surface area (Å²) in [6.45, 7) is 2.11. The van der Waals surface area contributed by atoms with Gasteiger partial charge in [-0.25, -0.2) is 9.59 Å². The van der Waals surface area contributed by atoms with Gasteiger partial charge in [0.1, 0.15) is 0 Å². The fourth-order valence-electron chi connectivity index (χ4n) is 4.14. The smallest absolute Gasteiger partial charge is 0.347 e. The first-order chi connectivity index (χ1) is 12.2. The van der Waals surface area contributed by atoms with Crippen LogP contribution in [0.15, 0.2) is 41.8 Å². The fourth-order valence-corrected chi connectivity index (χ4v) is 5.07. The number of nitrogens with zero attached hydrogens (tertiary/aromatic N) is 1. The van der Waals surface area contributed by atoms with Crippen LogP contribution in [-0.4, -0.2) is 37.5 Å². The molecule has 0 amide bonds. The number of nitrogens with one attached hydrogen (secondary N) is 1. The quantitative estimate of drug-likeness (QED) is 0.787. The molecule has 3 aliphatic rings. The van der Waals surface area contributed by atoms with E-state index in [0.717, 1.165) is 34.5 Å². The first kappa shape index (κ1) is 14.9. The molecule has 7 heteroatoms. The number of esters is 2. The van der Waals surface area contributed by atoms with Gasteiger partial charge in [-0.15, -0.1) is 11.3 Å². The molecule has 2 fully saturated rings. The Kier molecular flexibility index (Phi) is 3.17. The van der Waals surface area contributed by atoms with Crippen LogP contribution < -0.4 is 10.2 Å². The minimum atomic E-state index is -1.40. The van der Waals surface area contributed by atoms with Crippen LogP contribution in [-0.2, 0) is 19.1 Å². The normalized spacial score (nSPS) is 27.4. The Labute approximate surface area is 148 Å². The Bertz CT molecular complexity index is 885. The zero-order valence-corrected chi connectivity index (χ0v) is 14.1. The number of thiophene rings is 1. The highest BCUT2D eigenvalue weighted by Crippen LogP contribution is 2.48. The molecule has 1 N–H and O–H groups in total. The van der Waals surface area contributed by atoms with E-state index in [-0.39, 0.29) is 11.8 Å². The molecular formula is C18H16N2O4S. The Hall–Kier alpha value is -2.38. The molecule has 3 aliphatic heterocycles. The molecule has 1 aromatic carbocycles. The number of fused-ring (bicyclic) bond motifs is 3. The van der Waals surface area contributed by atoms with Crippen LogP contribution in [0.25, 0.3) is 10.1 Å². The molecular weight excluding hydrogens is 340 g/mol. The van der Waals surface area contributed by atoms with Crippen molar-refractivity contribution in [1.29, 1.82) is 0 Å². The first-order valence-electron chi connectivity index (χ1n) is 8.26. The molecule has 128 valence electrons. The van der Waals surface area contributed by atoms with Gasteiger partial charge in [0.25, 0.3) is 0 Å². The number of hydrogen-bond acceptors (Lipinski definition) is 7. The molecule has 25 heavy (non-hydrogen) atoms. The highest BCUT2D eigenvalue weighted by molar-refractivity contribution is 7.17. The highest BCUT2D eigenvalue weighted by atomic mass is 32.1. The predicted molar refractivity (Wildman–Crippen MR) is 93.1 cm³/mol. The van der Waals surface area contributed by atoms with E-state index in [9.17, 15) is 9.59 Å². The monoisotopic (exact) mass is 356 g/mol. The van der Waals surface area contributed by atoms with Crippen molar-refractivity contribution in [3.05, 3.63) is 41.8 Å². The molecule has 6 nitrogen and oxygen atoms in total. The second-order valence-electron chi connectivity index (χ2n) is 6.56. The van der Waals surface area contributed by atoms with Crippen molar-refractivity contribution in [2.75, 3.05) is 24.5 Å². The maximum atomic E-state index is 12.2. The summed E-state index contributed by atoms with van der Waals surface area (Å²) in [6.07, 6.45) is 2.27. The second-order valence-corrected chi connectivity index (χ2v) is 7.47. The van der Waals surface area contributed by atoms with Gasteiger partial charge in [-0.05, 0) is 22.9 Å². The van der Waals surface area contributed by atoms with E-state index in [1.807, 2.05) is 28.5 Å². The van der Waals surface area contributed by atoms with E-state index in [1.165, 1.54) is 0 Å². The van der Waals surface area contributed by atoms with Crippen molar-refractivity contribution in [3.8, 4) is 0 Å². The summed E-state index contributed by atoms with van der Waals surface area (Å²) in [7, 11) is 0. The van der Waals surface area contributed by atoms with Gasteiger partial charge in [-0.3, -0.25) is 4.90 Å². The van der Waals surface area contributed by atoms with Gasteiger partial charge in [0.15, 0.2) is 0 Å². The van der Waals surface area contributed by atoms with Crippen molar-refractivity contribution in [2.45, 2.75) is 5.91 Å². The SMILES string of the molecule is O=C1C=CC(=O)OC2(O1)C1CNCC1CN2c1cccc2ccsc12. The standard InChI is InChI=1S/C18H16N2O4S/c21-15-4-5-16(22)24-18(23-15)13-9-19-8-12(13)10-20(18)14-3-1-2-11-6-7-25-17(11)14/h1-7,12-13,19H,8-10H2. The molecule has 0 saturated carbocycles. The van der Waals surface area contributed by atoms with Crippen molar-refractivity contribution in [3.63, 3.8) is 0 Å². The van der Waals surface area contributed by atoms with Gasteiger partial charge in [-0.1, -0.05) is 12.1 Å². The number of anilines is 1. The molecule has 2 aromatic rings. The van der Waals surface area contributed by atoms with E-state index in [2.05, 4.69) is 11.4 Å². The summed E-state index contributed by atoms with van der Waals surface area (Å²) in [5.41, 5.74) is 0.935. The minimum Gasteiger partial charge on any atom is -0.400 e. The van der Waals surface area contributed by atoms with E-state index >= 15 is 0 Å². The minimum absolute atomic E-state index is 0.101. The molecule has 0 bridgehead atoms. The predicted octanol–water partition coefficient (Wildman–Crippen LogP) is 1.87. The van der Waals surface area contributed by atoms with Gasteiger partial charge >= 0.3 is 17.8 Å². The Morgan fingerprint density at radius 3 is 2.72 bits per heavy atom. The van der Waals surface area contributed by atoms with Gasteiger partial charge in [0.2, 0.25) is 0 Å². The highest BCUT2D eigenvalue weighted by Gasteiger charge is 2.62. The molecule has 0 radical (unpaired) electrons. The summed E-state index contributed by atoms with van der Waals surface area (Å²) in [4.78, 5) is 26.3. The average Bonchev–Trinajstić information content (AvgIpc) is 3.28. The number of hydrogen-bond donors (Lipinski definition) is 1.